The monoisotopic (exact) mass is 532 g/mol. The maximum absolute atomic E-state index is 11.5. The van der Waals surface area contributed by atoms with E-state index in [1.165, 1.54) is 0 Å². The Morgan fingerprint density at radius 3 is 2.58 bits per heavy atom. The number of amides is 1. The van der Waals surface area contributed by atoms with E-state index in [2.05, 4.69) is 33.2 Å². The van der Waals surface area contributed by atoms with Crippen LogP contribution in [0.15, 0.2) is 30.5 Å². The van der Waals surface area contributed by atoms with E-state index in [4.69, 9.17) is 10.7 Å². The molecular weight excluding hydrogens is 503 g/mol. The van der Waals surface area contributed by atoms with Crippen LogP contribution in [0.2, 0.25) is 0 Å². The lowest BCUT2D eigenvalue weighted by Crippen LogP contribution is -2.44. The van der Waals surface area contributed by atoms with E-state index in [9.17, 15) is 4.79 Å². The standard InChI is InChI=1S/C22H28N6OS.3ClH/c1-15-14-25-22(24-6-3-7-28-10-8-27(2)9-11-28)26-20(15)19-12-16-4-5-17(21(23)29)13-18(16)30-19;;;/h4-5,12-14H,3,6-11H2,1-2H3,(H2,23,29)(H,24,25,26);3*1H. The number of halogens is 3. The Hall–Kier alpha value is -1.68. The van der Waals surface area contributed by atoms with Crippen molar-refractivity contribution in [2.75, 3.05) is 51.6 Å². The van der Waals surface area contributed by atoms with Crippen molar-refractivity contribution >= 4 is 70.5 Å². The van der Waals surface area contributed by atoms with Crippen molar-refractivity contribution in [3.05, 3.63) is 41.6 Å². The average Bonchev–Trinajstić information content (AvgIpc) is 3.16. The van der Waals surface area contributed by atoms with Gasteiger partial charge in [-0.3, -0.25) is 4.79 Å². The number of carbonyl (C=O) groups excluding carboxylic acids is 1. The lowest BCUT2D eigenvalue weighted by Gasteiger charge is -2.32. The minimum absolute atomic E-state index is 0. The van der Waals surface area contributed by atoms with Gasteiger partial charge < -0.3 is 20.9 Å². The third-order valence-corrected chi connectivity index (χ3v) is 6.64. The van der Waals surface area contributed by atoms with Gasteiger partial charge in [-0.05, 0) is 56.1 Å². The molecule has 4 rings (SSSR count). The first-order valence-corrected chi connectivity index (χ1v) is 11.1. The van der Waals surface area contributed by atoms with Gasteiger partial charge >= 0.3 is 0 Å². The van der Waals surface area contributed by atoms with Crippen LogP contribution in [0, 0.1) is 6.92 Å². The van der Waals surface area contributed by atoms with Gasteiger partial charge in [0, 0.05) is 49.2 Å². The predicted molar refractivity (Wildman–Crippen MR) is 145 cm³/mol. The van der Waals surface area contributed by atoms with E-state index in [0.29, 0.717) is 11.5 Å². The van der Waals surface area contributed by atoms with Crippen LogP contribution in [0.25, 0.3) is 20.7 Å². The number of anilines is 1. The fourth-order valence-electron chi connectivity index (χ4n) is 3.65. The summed E-state index contributed by atoms with van der Waals surface area (Å²) in [5, 5.41) is 4.46. The smallest absolute Gasteiger partial charge is 0.248 e. The first-order valence-electron chi connectivity index (χ1n) is 10.3. The maximum Gasteiger partial charge on any atom is 0.248 e. The number of piperazine rings is 1. The number of primary amides is 1. The zero-order valence-corrected chi connectivity index (χ0v) is 22.0. The van der Waals surface area contributed by atoms with Crippen LogP contribution in [0.5, 0.6) is 0 Å². The second kappa shape index (κ2) is 13.3. The Morgan fingerprint density at radius 2 is 1.88 bits per heavy atom. The molecule has 0 bridgehead atoms. The highest BCUT2D eigenvalue weighted by Gasteiger charge is 2.14. The highest BCUT2D eigenvalue weighted by molar-refractivity contribution is 7.22. The molecule has 0 saturated carbocycles. The van der Waals surface area contributed by atoms with Gasteiger partial charge in [-0.25, -0.2) is 9.97 Å². The summed E-state index contributed by atoms with van der Waals surface area (Å²) in [6.07, 6.45) is 2.93. The Bertz CT molecular complexity index is 1060. The van der Waals surface area contributed by atoms with Gasteiger partial charge in [0.1, 0.15) is 0 Å². The van der Waals surface area contributed by atoms with E-state index < -0.39 is 5.91 Å². The number of benzene rings is 1. The van der Waals surface area contributed by atoms with Crippen LogP contribution in [0.3, 0.4) is 0 Å². The Balaban J connectivity index is 0.00000181. The van der Waals surface area contributed by atoms with Gasteiger partial charge in [0.15, 0.2) is 0 Å². The number of thiophene rings is 1. The minimum atomic E-state index is -0.409. The Labute approximate surface area is 217 Å². The van der Waals surface area contributed by atoms with Crippen molar-refractivity contribution in [3.63, 3.8) is 0 Å². The number of fused-ring (bicyclic) bond motifs is 1. The summed E-state index contributed by atoms with van der Waals surface area (Å²) in [5.41, 5.74) is 7.89. The molecule has 3 N–H and O–H groups in total. The quantitative estimate of drug-likeness (QED) is 0.445. The summed E-state index contributed by atoms with van der Waals surface area (Å²) in [6, 6.07) is 7.65. The molecule has 1 aliphatic rings. The molecule has 1 fully saturated rings. The normalized spacial score (nSPS) is 14.1. The number of likely N-dealkylation sites (N-methyl/N-ethyl adjacent to an activating group) is 1. The van der Waals surface area contributed by atoms with Crippen LogP contribution in [0.1, 0.15) is 22.3 Å². The second-order valence-electron chi connectivity index (χ2n) is 7.88. The number of rotatable bonds is 7. The third kappa shape index (κ3) is 7.40. The number of nitrogens with one attached hydrogen (secondary N) is 1. The molecule has 11 heteroatoms. The summed E-state index contributed by atoms with van der Waals surface area (Å²) in [5.74, 6) is 0.248. The highest BCUT2D eigenvalue weighted by atomic mass is 35.5. The van der Waals surface area contributed by atoms with Crippen molar-refractivity contribution in [2.45, 2.75) is 13.3 Å². The van der Waals surface area contributed by atoms with Gasteiger partial charge in [0.05, 0.1) is 10.6 Å². The number of nitrogens with zero attached hydrogens (tertiary/aromatic N) is 4. The number of nitrogens with two attached hydrogens (primary N) is 1. The molecule has 33 heavy (non-hydrogen) atoms. The fourth-order valence-corrected chi connectivity index (χ4v) is 4.81. The molecule has 0 unspecified atom stereocenters. The van der Waals surface area contributed by atoms with Gasteiger partial charge in [-0.15, -0.1) is 48.6 Å². The van der Waals surface area contributed by atoms with E-state index in [1.807, 2.05) is 25.3 Å². The largest absolute Gasteiger partial charge is 0.366 e. The molecule has 3 aromatic rings. The molecule has 1 saturated heterocycles. The molecule has 0 aliphatic carbocycles. The molecular formula is C22H31Cl3N6OS. The summed E-state index contributed by atoms with van der Waals surface area (Å²) in [7, 11) is 2.18. The summed E-state index contributed by atoms with van der Waals surface area (Å²) in [6.45, 7) is 8.55. The van der Waals surface area contributed by atoms with E-state index in [-0.39, 0.29) is 37.2 Å². The van der Waals surface area contributed by atoms with Crippen LogP contribution < -0.4 is 11.1 Å². The number of aromatic nitrogens is 2. The molecule has 0 spiro atoms. The van der Waals surface area contributed by atoms with Gasteiger partial charge in [0.25, 0.3) is 0 Å². The maximum atomic E-state index is 11.5. The molecule has 182 valence electrons. The van der Waals surface area contributed by atoms with E-state index >= 15 is 0 Å². The first-order chi connectivity index (χ1) is 14.5. The van der Waals surface area contributed by atoms with E-state index in [1.54, 1.807) is 17.4 Å². The topological polar surface area (TPSA) is 87.4 Å². The van der Waals surface area contributed by atoms with E-state index in [0.717, 1.165) is 71.9 Å². The van der Waals surface area contributed by atoms with Crippen LogP contribution in [-0.4, -0.2) is 72.0 Å². The van der Waals surface area contributed by atoms with Crippen LogP contribution >= 0.6 is 48.6 Å². The molecule has 3 heterocycles. The highest BCUT2D eigenvalue weighted by Crippen LogP contribution is 2.34. The lowest BCUT2D eigenvalue weighted by atomic mass is 10.1. The number of hydrogen-bond donors (Lipinski definition) is 2. The number of carbonyl (C=O) groups is 1. The second-order valence-corrected chi connectivity index (χ2v) is 8.96. The molecule has 1 aromatic carbocycles. The zero-order chi connectivity index (χ0) is 21.1. The third-order valence-electron chi connectivity index (χ3n) is 5.54. The van der Waals surface area contributed by atoms with Crippen molar-refractivity contribution in [2.24, 2.45) is 5.73 Å². The number of hydrogen-bond acceptors (Lipinski definition) is 7. The van der Waals surface area contributed by atoms with Gasteiger partial charge in [0.2, 0.25) is 11.9 Å². The van der Waals surface area contributed by atoms with Crippen molar-refractivity contribution in [1.29, 1.82) is 0 Å². The van der Waals surface area contributed by atoms with Gasteiger partial charge in [-0.1, -0.05) is 6.07 Å². The van der Waals surface area contributed by atoms with Crippen LogP contribution in [0.4, 0.5) is 5.95 Å². The molecule has 7 nitrogen and oxygen atoms in total. The number of aryl methyl sites for hydroxylation is 1. The van der Waals surface area contributed by atoms with Crippen molar-refractivity contribution < 1.29 is 4.79 Å². The summed E-state index contributed by atoms with van der Waals surface area (Å²) in [4.78, 5) is 26.6. The Morgan fingerprint density at radius 1 is 1.15 bits per heavy atom. The SMILES string of the molecule is Cc1cnc(NCCCN2CCN(C)CC2)nc1-c1cc2ccc(C(N)=O)cc2s1.Cl.Cl.Cl. The molecule has 0 radical (unpaired) electrons. The fraction of sp³-hybridized carbons (Fsp3) is 0.409. The summed E-state index contributed by atoms with van der Waals surface area (Å²) >= 11 is 1.62. The molecule has 1 aliphatic heterocycles. The zero-order valence-electron chi connectivity index (χ0n) is 18.7. The minimum Gasteiger partial charge on any atom is -0.366 e. The van der Waals surface area contributed by atoms with Crippen molar-refractivity contribution in [1.82, 2.24) is 19.8 Å². The molecule has 1 amide bonds. The average molecular weight is 534 g/mol. The molecule has 2 aromatic heterocycles. The first kappa shape index (κ1) is 29.4. The summed E-state index contributed by atoms with van der Waals surface area (Å²) < 4.78 is 1.03. The lowest BCUT2D eigenvalue weighted by molar-refractivity contribution is 0.100. The van der Waals surface area contributed by atoms with Gasteiger partial charge in [-0.2, -0.15) is 0 Å². The predicted octanol–water partition coefficient (Wildman–Crippen LogP) is 4.08. The molecule has 0 atom stereocenters. The van der Waals surface area contributed by atoms with Crippen LogP contribution in [-0.2, 0) is 0 Å². The Kier molecular flexibility index (Phi) is 11.8. The van der Waals surface area contributed by atoms with Crippen molar-refractivity contribution in [3.8, 4) is 10.6 Å².